The number of rotatable bonds is 3. The second kappa shape index (κ2) is 4.10. The zero-order valence-corrected chi connectivity index (χ0v) is 9.84. The lowest BCUT2D eigenvalue weighted by molar-refractivity contribution is -0.126. The van der Waals surface area contributed by atoms with E-state index in [0.717, 1.165) is 19.3 Å². The highest BCUT2D eigenvalue weighted by Gasteiger charge is 2.36. The second-order valence-electron chi connectivity index (χ2n) is 5.64. The van der Waals surface area contributed by atoms with Gasteiger partial charge in [-0.25, -0.2) is 0 Å². The van der Waals surface area contributed by atoms with E-state index >= 15 is 0 Å². The Labute approximate surface area is 91.2 Å². The first kappa shape index (κ1) is 12.5. The molecule has 0 aromatic rings. The van der Waals surface area contributed by atoms with E-state index in [0.29, 0.717) is 6.54 Å². The van der Waals surface area contributed by atoms with Crippen molar-refractivity contribution in [2.24, 2.45) is 11.1 Å². The molecule has 0 aromatic carbocycles. The van der Waals surface area contributed by atoms with E-state index in [2.05, 4.69) is 5.32 Å². The molecule has 1 aliphatic carbocycles. The predicted octanol–water partition coefficient (Wildman–Crippen LogP) is 0.391. The Morgan fingerprint density at radius 3 is 2.40 bits per heavy atom. The Morgan fingerprint density at radius 2 is 2.07 bits per heavy atom. The van der Waals surface area contributed by atoms with Gasteiger partial charge in [0.05, 0.1) is 11.6 Å². The molecule has 1 rings (SSSR count). The van der Waals surface area contributed by atoms with Gasteiger partial charge in [0.2, 0.25) is 5.91 Å². The summed E-state index contributed by atoms with van der Waals surface area (Å²) in [6.45, 7) is 6.11. The van der Waals surface area contributed by atoms with Crippen molar-refractivity contribution in [1.29, 1.82) is 0 Å². The van der Waals surface area contributed by atoms with Crippen molar-refractivity contribution >= 4 is 5.91 Å². The van der Waals surface area contributed by atoms with Crippen LogP contribution in [0.25, 0.3) is 0 Å². The van der Waals surface area contributed by atoms with Crippen molar-refractivity contribution in [3.8, 4) is 0 Å². The summed E-state index contributed by atoms with van der Waals surface area (Å²) in [6, 6.07) is -0.527. The standard InChI is InChI=1S/C11H22N2O2/c1-10(2,3)8(12)9(14)13-7-11(15)5-4-6-11/h8,15H,4-7,12H2,1-3H3,(H,13,14)/t8-/m1/s1. The van der Waals surface area contributed by atoms with Crippen LogP contribution in [0, 0.1) is 5.41 Å². The number of carbonyl (C=O) groups excluding carboxylic acids is 1. The summed E-state index contributed by atoms with van der Waals surface area (Å²) in [5.41, 5.74) is 4.87. The molecule has 1 saturated carbocycles. The molecule has 0 aromatic heterocycles. The average Bonchev–Trinajstić information content (AvgIpc) is 2.08. The molecule has 4 nitrogen and oxygen atoms in total. The highest BCUT2D eigenvalue weighted by molar-refractivity contribution is 5.82. The van der Waals surface area contributed by atoms with Crippen LogP contribution in [0.1, 0.15) is 40.0 Å². The van der Waals surface area contributed by atoms with Gasteiger partial charge in [0.15, 0.2) is 0 Å². The first-order valence-corrected chi connectivity index (χ1v) is 5.50. The number of hydrogen-bond donors (Lipinski definition) is 3. The number of nitrogens with one attached hydrogen (secondary N) is 1. The minimum absolute atomic E-state index is 0.178. The number of aliphatic hydroxyl groups is 1. The summed E-state index contributed by atoms with van der Waals surface area (Å²) in [4.78, 5) is 11.6. The van der Waals surface area contributed by atoms with Gasteiger partial charge in [0.1, 0.15) is 0 Å². The van der Waals surface area contributed by atoms with Gasteiger partial charge in [-0.15, -0.1) is 0 Å². The van der Waals surface area contributed by atoms with Crippen LogP contribution in [0.15, 0.2) is 0 Å². The molecule has 0 heterocycles. The molecule has 0 radical (unpaired) electrons. The quantitative estimate of drug-likeness (QED) is 0.636. The molecule has 1 fully saturated rings. The van der Waals surface area contributed by atoms with Crippen LogP contribution in [-0.4, -0.2) is 29.2 Å². The second-order valence-corrected chi connectivity index (χ2v) is 5.64. The zero-order valence-electron chi connectivity index (χ0n) is 9.84. The van der Waals surface area contributed by atoms with Gasteiger partial charge in [0, 0.05) is 6.54 Å². The molecule has 15 heavy (non-hydrogen) atoms. The van der Waals surface area contributed by atoms with Gasteiger partial charge in [-0.3, -0.25) is 4.79 Å². The molecule has 0 aliphatic heterocycles. The summed E-state index contributed by atoms with van der Waals surface area (Å²) in [5, 5.41) is 12.5. The van der Waals surface area contributed by atoms with E-state index in [9.17, 15) is 9.90 Å². The topological polar surface area (TPSA) is 75.4 Å². The van der Waals surface area contributed by atoms with E-state index in [-0.39, 0.29) is 11.3 Å². The third-order valence-electron chi connectivity index (χ3n) is 3.09. The Balaban J connectivity index is 2.36. The molecule has 0 spiro atoms. The zero-order chi connectivity index (χ0) is 11.7. The fourth-order valence-corrected chi connectivity index (χ4v) is 1.52. The van der Waals surface area contributed by atoms with Crippen LogP contribution in [0.5, 0.6) is 0 Å². The molecule has 0 unspecified atom stereocenters. The van der Waals surface area contributed by atoms with Crippen molar-refractivity contribution in [3.63, 3.8) is 0 Å². The van der Waals surface area contributed by atoms with Gasteiger partial charge < -0.3 is 16.2 Å². The summed E-state index contributed by atoms with van der Waals surface area (Å²) < 4.78 is 0. The maximum atomic E-state index is 11.6. The van der Waals surface area contributed by atoms with E-state index in [1.807, 2.05) is 20.8 Å². The number of hydrogen-bond acceptors (Lipinski definition) is 3. The summed E-state index contributed by atoms with van der Waals surface area (Å²) in [5.74, 6) is -0.178. The lowest BCUT2D eigenvalue weighted by Crippen LogP contribution is -2.54. The van der Waals surface area contributed by atoms with Crippen LogP contribution in [0.4, 0.5) is 0 Å². The highest BCUT2D eigenvalue weighted by Crippen LogP contribution is 2.30. The molecule has 4 N–H and O–H groups in total. The van der Waals surface area contributed by atoms with Crippen LogP contribution in [-0.2, 0) is 4.79 Å². The average molecular weight is 214 g/mol. The number of carbonyl (C=O) groups is 1. The van der Waals surface area contributed by atoms with E-state index in [4.69, 9.17) is 5.73 Å². The summed E-state index contributed by atoms with van der Waals surface area (Å²) in [7, 11) is 0. The maximum absolute atomic E-state index is 11.6. The Bertz CT molecular complexity index is 241. The lowest BCUT2D eigenvalue weighted by atomic mass is 9.80. The molecule has 1 atom stereocenters. The van der Waals surface area contributed by atoms with Crippen molar-refractivity contribution < 1.29 is 9.90 Å². The molecule has 0 saturated heterocycles. The fourth-order valence-electron chi connectivity index (χ4n) is 1.52. The summed E-state index contributed by atoms with van der Waals surface area (Å²) in [6.07, 6.45) is 2.59. The minimum Gasteiger partial charge on any atom is -0.388 e. The first-order chi connectivity index (χ1) is 6.75. The van der Waals surface area contributed by atoms with Gasteiger partial charge in [-0.1, -0.05) is 20.8 Å². The van der Waals surface area contributed by atoms with Crippen molar-refractivity contribution in [1.82, 2.24) is 5.32 Å². The van der Waals surface area contributed by atoms with Gasteiger partial charge in [-0.2, -0.15) is 0 Å². The van der Waals surface area contributed by atoms with Crippen molar-refractivity contribution in [3.05, 3.63) is 0 Å². The van der Waals surface area contributed by atoms with Crippen molar-refractivity contribution in [2.75, 3.05) is 6.54 Å². The minimum atomic E-state index is -0.673. The smallest absolute Gasteiger partial charge is 0.237 e. The normalized spacial score (nSPS) is 21.7. The number of amides is 1. The molecule has 1 aliphatic rings. The Morgan fingerprint density at radius 1 is 1.53 bits per heavy atom. The lowest BCUT2D eigenvalue weighted by Gasteiger charge is -2.37. The molecule has 4 heteroatoms. The predicted molar refractivity (Wildman–Crippen MR) is 59.2 cm³/mol. The maximum Gasteiger partial charge on any atom is 0.237 e. The molecular weight excluding hydrogens is 192 g/mol. The van der Waals surface area contributed by atoms with E-state index in [1.54, 1.807) is 0 Å². The molecule has 88 valence electrons. The molecule has 1 amide bonds. The van der Waals surface area contributed by atoms with E-state index < -0.39 is 11.6 Å². The van der Waals surface area contributed by atoms with Crippen LogP contribution in [0.2, 0.25) is 0 Å². The Kier molecular flexibility index (Phi) is 3.41. The Hall–Kier alpha value is -0.610. The fraction of sp³-hybridized carbons (Fsp3) is 0.909. The SMILES string of the molecule is CC(C)(C)[C@H](N)C(=O)NCC1(O)CCC1. The molecular formula is C11H22N2O2. The number of nitrogens with two attached hydrogens (primary N) is 1. The van der Waals surface area contributed by atoms with Crippen LogP contribution in [0.3, 0.4) is 0 Å². The van der Waals surface area contributed by atoms with E-state index in [1.165, 1.54) is 0 Å². The first-order valence-electron chi connectivity index (χ1n) is 5.50. The van der Waals surface area contributed by atoms with Gasteiger partial charge in [-0.05, 0) is 24.7 Å². The third-order valence-corrected chi connectivity index (χ3v) is 3.09. The third kappa shape index (κ3) is 3.18. The van der Waals surface area contributed by atoms with Crippen molar-refractivity contribution in [2.45, 2.75) is 51.7 Å². The van der Waals surface area contributed by atoms with Crippen LogP contribution >= 0.6 is 0 Å². The van der Waals surface area contributed by atoms with Crippen LogP contribution < -0.4 is 11.1 Å². The van der Waals surface area contributed by atoms with Gasteiger partial charge >= 0.3 is 0 Å². The largest absolute Gasteiger partial charge is 0.388 e. The molecule has 0 bridgehead atoms. The summed E-state index contributed by atoms with van der Waals surface area (Å²) >= 11 is 0. The monoisotopic (exact) mass is 214 g/mol. The highest BCUT2D eigenvalue weighted by atomic mass is 16.3. The van der Waals surface area contributed by atoms with Gasteiger partial charge in [0.25, 0.3) is 0 Å².